The van der Waals surface area contributed by atoms with Gasteiger partial charge in [0.15, 0.2) is 0 Å². The summed E-state index contributed by atoms with van der Waals surface area (Å²) in [6.45, 7) is 2.24. The largest absolute Gasteiger partial charge is 0.442 e. The molecule has 188 valence electrons. The summed E-state index contributed by atoms with van der Waals surface area (Å²) in [5.74, 6) is -1.17. The smallest absolute Gasteiger partial charge is 0.416 e. The third kappa shape index (κ3) is 4.94. The van der Waals surface area contributed by atoms with Gasteiger partial charge in [0.1, 0.15) is 5.60 Å². The van der Waals surface area contributed by atoms with Gasteiger partial charge in [-0.15, -0.1) is 0 Å². The van der Waals surface area contributed by atoms with Crippen LogP contribution in [0.4, 0.5) is 31.1 Å². The monoisotopic (exact) mass is 500 g/mol. The Bertz CT molecular complexity index is 1100. The Morgan fingerprint density at radius 1 is 1.00 bits per heavy atom. The number of aryl methyl sites for hydroxylation is 1. The maximum atomic E-state index is 13.2. The Labute approximate surface area is 197 Å². The van der Waals surface area contributed by atoms with Gasteiger partial charge in [0.05, 0.1) is 11.1 Å². The lowest BCUT2D eigenvalue weighted by Crippen LogP contribution is -2.58. The number of benzene rings is 2. The highest BCUT2D eigenvalue weighted by molar-refractivity contribution is 5.94. The van der Waals surface area contributed by atoms with Gasteiger partial charge in [-0.3, -0.25) is 4.79 Å². The van der Waals surface area contributed by atoms with Crippen LogP contribution in [-0.4, -0.2) is 42.1 Å². The number of ether oxygens (including phenoxy) is 1. The average Bonchev–Trinajstić information content (AvgIpc) is 2.78. The number of piperidine rings is 1. The van der Waals surface area contributed by atoms with Crippen LogP contribution in [0.3, 0.4) is 0 Å². The fourth-order valence-electron chi connectivity index (χ4n) is 4.83. The van der Waals surface area contributed by atoms with E-state index in [0.717, 1.165) is 11.1 Å². The Morgan fingerprint density at radius 3 is 2.11 bits per heavy atom. The van der Waals surface area contributed by atoms with Crippen molar-refractivity contribution >= 4 is 12.0 Å². The van der Waals surface area contributed by atoms with Gasteiger partial charge in [-0.05, 0) is 36.2 Å². The van der Waals surface area contributed by atoms with E-state index in [1.54, 1.807) is 0 Å². The molecule has 2 aliphatic heterocycles. The van der Waals surface area contributed by atoms with E-state index in [2.05, 4.69) is 5.32 Å². The Balaban J connectivity index is 1.60. The number of alkyl carbamates (subject to hydrolysis) is 1. The summed E-state index contributed by atoms with van der Waals surface area (Å²) in [4.78, 5) is 26.2. The Kier molecular flexibility index (Phi) is 6.23. The lowest BCUT2D eigenvalue weighted by atomic mass is 9.73. The van der Waals surface area contributed by atoms with Gasteiger partial charge in [0, 0.05) is 44.0 Å². The lowest BCUT2D eigenvalue weighted by molar-refractivity contribution is -0.143. The number of carbonyl (C=O) groups excluding carboxylic acids is 2. The number of halogens is 6. The summed E-state index contributed by atoms with van der Waals surface area (Å²) >= 11 is 0. The van der Waals surface area contributed by atoms with Gasteiger partial charge in [0.2, 0.25) is 0 Å². The van der Waals surface area contributed by atoms with Gasteiger partial charge in [-0.2, -0.15) is 26.3 Å². The van der Waals surface area contributed by atoms with Crippen molar-refractivity contribution < 1.29 is 40.7 Å². The molecule has 2 aromatic carbocycles. The molecule has 1 N–H and O–H groups in total. The highest BCUT2D eigenvalue weighted by atomic mass is 19.4. The van der Waals surface area contributed by atoms with Gasteiger partial charge < -0.3 is 15.0 Å². The molecule has 5 nitrogen and oxygen atoms in total. The highest BCUT2D eigenvalue weighted by Gasteiger charge is 2.49. The van der Waals surface area contributed by atoms with Gasteiger partial charge in [-0.1, -0.05) is 24.3 Å². The third-order valence-corrected chi connectivity index (χ3v) is 6.68. The van der Waals surface area contributed by atoms with Crippen molar-refractivity contribution in [3.8, 4) is 0 Å². The first kappa shape index (κ1) is 24.9. The molecule has 1 atom stereocenters. The number of likely N-dealkylation sites (tertiary alicyclic amines) is 1. The Morgan fingerprint density at radius 2 is 1.57 bits per heavy atom. The predicted molar refractivity (Wildman–Crippen MR) is 113 cm³/mol. The average molecular weight is 500 g/mol. The molecule has 11 heteroatoms. The third-order valence-electron chi connectivity index (χ3n) is 6.68. The highest BCUT2D eigenvalue weighted by Crippen LogP contribution is 2.43. The van der Waals surface area contributed by atoms with Crippen molar-refractivity contribution in [1.82, 2.24) is 10.2 Å². The maximum absolute atomic E-state index is 13.2. The van der Waals surface area contributed by atoms with Crippen LogP contribution >= 0.6 is 0 Å². The van der Waals surface area contributed by atoms with Crippen LogP contribution < -0.4 is 5.32 Å². The molecule has 0 saturated carbocycles. The summed E-state index contributed by atoms with van der Waals surface area (Å²) in [6, 6.07) is 8.43. The van der Waals surface area contributed by atoms with E-state index < -0.39 is 46.6 Å². The minimum Gasteiger partial charge on any atom is -0.442 e. The van der Waals surface area contributed by atoms with E-state index in [9.17, 15) is 35.9 Å². The van der Waals surface area contributed by atoms with E-state index in [1.165, 1.54) is 4.90 Å². The van der Waals surface area contributed by atoms with Crippen molar-refractivity contribution in [2.75, 3.05) is 19.6 Å². The molecule has 2 heterocycles. The molecular formula is C24H22F6N2O3. The molecule has 35 heavy (non-hydrogen) atoms. The molecule has 2 fully saturated rings. The number of rotatable bonds is 2. The van der Waals surface area contributed by atoms with Gasteiger partial charge in [-0.25, -0.2) is 4.79 Å². The molecule has 0 aliphatic carbocycles. The second-order valence-corrected chi connectivity index (χ2v) is 8.83. The van der Waals surface area contributed by atoms with Crippen LogP contribution in [-0.2, 0) is 17.1 Å². The minimum absolute atomic E-state index is 0.00604. The van der Waals surface area contributed by atoms with Crippen molar-refractivity contribution in [2.24, 2.45) is 0 Å². The molecule has 0 aromatic heterocycles. The van der Waals surface area contributed by atoms with Gasteiger partial charge in [0.25, 0.3) is 5.91 Å². The number of nitrogens with one attached hydrogen (secondary N) is 1. The van der Waals surface area contributed by atoms with Crippen LogP contribution in [0, 0.1) is 6.92 Å². The van der Waals surface area contributed by atoms with Crippen LogP contribution in [0.2, 0.25) is 0 Å². The van der Waals surface area contributed by atoms with Crippen molar-refractivity contribution in [3.63, 3.8) is 0 Å². The zero-order valence-electron chi connectivity index (χ0n) is 18.6. The number of amides is 2. The molecule has 0 unspecified atom stereocenters. The molecular weight excluding hydrogens is 478 g/mol. The first-order valence-electron chi connectivity index (χ1n) is 10.9. The zero-order chi connectivity index (χ0) is 25.6. The number of hydrogen-bond donors (Lipinski definition) is 1. The van der Waals surface area contributed by atoms with E-state index >= 15 is 0 Å². The minimum atomic E-state index is -5.05. The van der Waals surface area contributed by atoms with Gasteiger partial charge >= 0.3 is 18.4 Å². The summed E-state index contributed by atoms with van der Waals surface area (Å²) < 4.78 is 85.0. The summed E-state index contributed by atoms with van der Waals surface area (Å²) in [5, 5.41) is 2.68. The maximum Gasteiger partial charge on any atom is 0.416 e. The SMILES string of the molecule is Cc1ccccc1[C@H]1CNC(=O)OC12CCN(C(=O)c1cc(C(F)(F)F)cc(C(F)(F)F)c1)CC2. The number of carbonyl (C=O) groups is 2. The van der Waals surface area contributed by atoms with Crippen LogP contribution in [0.5, 0.6) is 0 Å². The second kappa shape index (κ2) is 8.76. The standard InChI is InChI=1S/C24H22F6N2O3/c1-14-4-2-3-5-18(14)19-13-31-21(34)35-22(19)6-8-32(9-7-22)20(33)15-10-16(23(25,26)27)12-17(11-15)24(28,29)30/h2-5,10-12,19H,6-9,13H2,1H3,(H,31,34)/t19-/m1/s1. The van der Waals surface area contributed by atoms with E-state index in [0.29, 0.717) is 18.7 Å². The summed E-state index contributed by atoms with van der Waals surface area (Å²) in [6.07, 6.45) is -10.3. The molecule has 0 radical (unpaired) electrons. The Hall–Kier alpha value is -3.24. The van der Waals surface area contributed by atoms with Crippen LogP contribution in [0.1, 0.15) is 51.4 Å². The number of alkyl halides is 6. The molecule has 4 rings (SSSR count). The van der Waals surface area contributed by atoms with Crippen molar-refractivity contribution in [3.05, 3.63) is 70.3 Å². The van der Waals surface area contributed by atoms with Crippen molar-refractivity contribution in [2.45, 2.75) is 43.6 Å². The van der Waals surface area contributed by atoms with Crippen molar-refractivity contribution in [1.29, 1.82) is 0 Å². The quantitative estimate of drug-likeness (QED) is 0.552. The molecule has 2 aromatic rings. The van der Waals surface area contributed by atoms with E-state index in [1.807, 2.05) is 31.2 Å². The number of nitrogens with zero attached hydrogens (tertiary/aromatic N) is 1. The fraction of sp³-hybridized carbons (Fsp3) is 0.417. The molecule has 0 bridgehead atoms. The topological polar surface area (TPSA) is 58.6 Å². The fourth-order valence-corrected chi connectivity index (χ4v) is 4.83. The molecule has 2 aliphatic rings. The van der Waals surface area contributed by atoms with E-state index in [4.69, 9.17) is 4.74 Å². The number of hydrogen-bond acceptors (Lipinski definition) is 3. The first-order valence-corrected chi connectivity index (χ1v) is 10.9. The molecule has 2 amide bonds. The normalized spacial score (nSPS) is 20.4. The lowest BCUT2D eigenvalue weighted by Gasteiger charge is -2.48. The summed E-state index contributed by atoms with van der Waals surface area (Å²) in [7, 11) is 0. The van der Waals surface area contributed by atoms with Crippen LogP contribution in [0.15, 0.2) is 42.5 Å². The molecule has 2 saturated heterocycles. The summed E-state index contributed by atoms with van der Waals surface area (Å²) in [5.41, 5.74) is -2.79. The first-order chi connectivity index (χ1) is 16.3. The molecule has 1 spiro atoms. The zero-order valence-corrected chi connectivity index (χ0v) is 18.6. The predicted octanol–water partition coefficient (Wildman–Crippen LogP) is 5.53. The second-order valence-electron chi connectivity index (χ2n) is 8.83. The van der Waals surface area contributed by atoms with Crippen LogP contribution in [0.25, 0.3) is 0 Å². The van der Waals surface area contributed by atoms with E-state index in [-0.39, 0.29) is 37.9 Å².